The summed E-state index contributed by atoms with van der Waals surface area (Å²) >= 11 is 0. The number of rotatable bonds is 6. The Kier molecular flexibility index (Phi) is 5.18. The summed E-state index contributed by atoms with van der Waals surface area (Å²) < 4.78 is 5.92. The second kappa shape index (κ2) is 7.70. The quantitative estimate of drug-likeness (QED) is 0.515. The first-order valence-electron chi connectivity index (χ1n) is 8.46. The van der Waals surface area contributed by atoms with E-state index in [0.717, 1.165) is 16.3 Å². The van der Waals surface area contributed by atoms with Crippen molar-refractivity contribution in [2.45, 2.75) is 26.5 Å². The number of pyridine rings is 1. The van der Waals surface area contributed by atoms with Gasteiger partial charge in [-0.3, -0.25) is 10.1 Å². The molecule has 7 heteroatoms. The molecule has 0 aliphatic heterocycles. The Labute approximate surface area is 156 Å². The molecule has 1 heterocycles. The van der Waals surface area contributed by atoms with E-state index in [1.54, 1.807) is 0 Å². The Balaban J connectivity index is 2.03. The number of hydrogen-bond donors (Lipinski definition) is 1. The average molecular weight is 362 g/mol. The van der Waals surface area contributed by atoms with Gasteiger partial charge in [0.15, 0.2) is 0 Å². The van der Waals surface area contributed by atoms with Crippen molar-refractivity contribution in [2.75, 3.05) is 5.32 Å². The first-order chi connectivity index (χ1) is 13.0. The summed E-state index contributed by atoms with van der Waals surface area (Å²) in [5.74, 6) is 0.762. The van der Waals surface area contributed by atoms with Crippen LogP contribution in [0.1, 0.15) is 25.0 Å². The molecule has 0 saturated carbocycles. The van der Waals surface area contributed by atoms with Gasteiger partial charge in [0.2, 0.25) is 5.82 Å². The highest BCUT2D eigenvalue weighted by Gasteiger charge is 2.21. The summed E-state index contributed by atoms with van der Waals surface area (Å²) in [7, 11) is 0. The SMILES string of the molecule is CC(C)Oc1ccc2ccccc2c1CNc1nccc(C#N)c1[N+](=O)[O-]. The van der Waals surface area contributed by atoms with E-state index in [4.69, 9.17) is 10.00 Å². The van der Waals surface area contributed by atoms with E-state index in [-0.39, 0.29) is 29.7 Å². The molecule has 0 radical (unpaired) electrons. The molecular weight excluding hydrogens is 344 g/mol. The standard InChI is InChI=1S/C20H18N4O3/c1-13(2)27-18-8-7-14-5-3-4-6-16(14)17(18)12-23-20-19(24(25)26)15(11-21)9-10-22-20/h3-10,13H,12H2,1-2H3,(H,22,23). The van der Waals surface area contributed by atoms with Crippen LogP contribution in [0.2, 0.25) is 0 Å². The lowest BCUT2D eigenvalue weighted by Crippen LogP contribution is -2.11. The van der Waals surface area contributed by atoms with Gasteiger partial charge in [-0.15, -0.1) is 0 Å². The third-order valence-corrected chi connectivity index (χ3v) is 4.02. The van der Waals surface area contributed by atoms with Crippen LogP contribution in [-0.2, 0) is 6.54 Å². The Morgan fingerprint density at radius 1 is 1.26 bits per heavy atom. The first-order valence-corrected chi connectivity index (χ1v) is 8.46. The largest absolute Gasteiger partial charge is 0.491 e. The lowest BCUT2D eigenvalue weighted by Gasteiger charge is -2.17. The van der Waals surface area contributed by atoms with E-state index < -0.39 is 4.92 Å². The lowest BCUT2D eigenvalue weighted by atomic mass is 10.0. The summed E-state index contributed by atoms with van der Waals surface area (Å²) in [6.07, 6.45) is 1.36. The van der Waals surface area contributed by atoms with Gasteiger partial charge in [0.25, 0.3) is 0 Å². The number of nitro groups is 1. The normalized spacial score (nSPS) is 10.6. The predicted molar refractivity (Wildman–Crippen MR) is 103 cm³/mol. The van der Waals surface area contributed by atoms with Crippen molar-refractivity contribution in [2.24, 2.45) is 0 Å². The third kappa shape index (κ3) is 3.80. The zero-order chi connectivity index (χ0) is 19.4. The van der Waals surface area contributed by atoms with Crippen molar-refractivity contribution in [3.8, 4) is 11.8 Å². The van der Waals surface area contributed by atoms with Crippen LogP contribution in [0, 0.1) is 21.4 Å². The monoisotopic (exact) mass is 362 g/mol. The number of anilines is 1. The molecule has 0 aliphatic rings. The van der Waals surface area contributed by atoms with Gasteiger partial charge in [-0.1, -0.05) is 30.3 Å². The Morgan fingerprint density at radius 3 is 2.74 bits per heavy atom. The molecule has 2 aromatic carbocycles. The van der Waals surface area contributed by atoms with E-state index in [2.05, 4.69) is 10.3 Å². The second-order valence-corrected chi connectivity index (χ2v) is 6.21. The van der Waals surface area contributed by atoms with Crippen LogP contribution in [-0.4, -0.2) is 16.0 Å². The number of nitrogens with zero attached hydrogens (tertiary/aromatic N) is 3. The first kappa shape index (κ1) is 18.1. The molecule has 7 nitrogen and oxygen atoms in total. The Morgan fingerprint density at radius 2 is 2.04 bits per heavy atom. The van der Waals surface area contributed by atoms with Gasteiger partial charge < -0.3 is 10.1 Å². The molecule has 0 atom stereocenters. The van der Waals surface area contributed by atoms with E-state index in [0.29, 0.717) is 5.75 Å². The topological polar surface area (TPSA) is 101 Å². The number of aromatic nitrogens is 1. The van der Waals surface area contributed by atoms with Crippen LogP contribution in [0.4, 0.5) is 11.5 Å². The number of ether oxygens (including phenoxy) is 1. The van der Waals surface area contributed by atoms with Crippen LogP contribution >= 0.6 is 0 Å². The van der Waals surface area contributed by atoms with Gasteiger partial charge in [0, 0.05) is 18.3 Å². The van der Waals surface area contributed by atoms with Gasteiger partial charge in [-0.25, -0.2) is 4.98 Å². The van der Waals surface area contributed by atoms with Crippen LogP contribution in [0.3, 0.4) is 0 Å². The van der Waals surface area contributed by atoms with E-state index in [9.17, 15) is 10.1 Å². The maximum absolute atomic E-state index is 11.4. The van der Waals surface area contributed by atoms with Crippen LogP contribution in [0.5, 0.6) is 5.75 Å². The summed E-state index contributed by atoms with van der Waals surface area (Å²) in [4.78, 5) is 14.8. The van der Waals surface area contributed by atoms with Crippen molar-refractivity contribution < 1.29 is 9.66 Å². The molecule has 136 valence electrons. The number of fused-ring (bicyclic) bond motifs is 1. The number of nitriles is 1. The molecule has 3 rings (SSSR count). The number of hydrogen-bond acceptors (Lipinski definition) is 6. The summed E-state index contributed by atoms with van der Waals surface area (Å²) in [5, 5.41) is 25.6. The molecule has 0 unspecified atom stereocenters. The van der Waals surface area contributed by atoms with Crippen molar-refractivity contribution in [3.63, 3.8) is 0 Å². The van der Waals surface area contributed by atoms with Gasteiger partial charge in [0.05, 0.1) is 11.0 Å². The number of nitrogens with one attached hydrogen (secondary N) is 1. The molecule has 0 aliphatic carbocycles. The number of benzene rings is 2. The van der Waals surface area contributed by atoms with Crippen molar-refractivity contribution in [1.29, 1.82) is 5.26 Å². The minimum Gasteiger partial charge on any atom is -0.491 e. The molecule has 1 N–H and O–H groups in total. The van der Waals surface area contributed by atoms with Gasteiger partial charge in [0.1, 0.15) is 17.4 Å². The van der Waals surface area contributed by atoms with Crippen LogP contribution < -0.4 is 10.1 Å². The molecular formula is C20H18N4O3. The fourth-order valence-electron chi connectivity index (χ4n) is 2.89. The van der Waals surface area contributed by atoms with Crippen molar-refractivity contribution in [1.82, 2.24) is 4.98 Å². The predicted octanol–water partition coefficient (Wildman–Crippen LogP) is 4.41. The zero-order valence-electron chi connectivity index (χ0n) is 15.0. The van der Waals surface area contributed by atoms with E-state index >= 15 is 0 Å². The zero-order valence-corrected chi connectivity index (χ0v) is 15.0. The highest BCUT2D eigenvalue weighted by atomic mass is 16.6. The Bertz CT molecular complexity index is 1040. The molecule has 0 saturated heterocycles. The fourth-order valence-corrected chi connectivity index (χ4v) is 2.89. The van der Waals surface area contributed by atoms with Gasteiger partial charge in [-0.05, 0) is 36.8 Å². The average Bonchev–Trinajstić information content (AvgIpc) is 2.66. The molecule has 0 spiro atoms. The Hall–Kier alpha value is -3.66. The summed E-state index contributed by atoms with van der Waals surface area (Å²) in [6.45, 7) is 4.15. The maximum Gasteiger partial charge on any atom is 0.328 e. The summed E-state index contributed by atoms with van der Waals surface area (Å²) in [5.41, 5.74) is 0.515. The molecule has 3 aromatic rings. The maximum atomic E-state index is 11.4. The minimum atomic E-state index is -0.595. The molecule has 0 amide bonds. The third-order valence-electron chi connectivity index (χ3n) is 4.02. The van der Waals surface area contributed by atoms with Crippen LogP contribution in [0.25, 0.3) is 10.8 Å². The van der Waals surface area contributed by atoms with Gasteiger partial charge in [-0.2, -0.15) is 5.26 Å². The van der Waals surface area contributed by atoms with Crippen LogP contribution in [0.15, 0.2) is 48.7 Å². The van der Waals surface area contributed by atoms with E-state index in [1.807, 2.05) is 56.3 Å². The highest BCUT2D eigenvalue weighted by molar-refractivity contribution is 5.88. The van der Waals surface area contributed by atoms with Crippen molar-refractivity contribution >= 4 is 22.3 Å². The fraction of sp³-hybridized carbons (Fsp3) is 0.200. The molecule has 1 aromatic heterocycles. The minimum absolute atomic E-state index is 0.0145. The highest BCUT2D eigenvalue weighted by Crippen LogP contribution is 2.31. The molecule has 27 heavy (non-hydrogen) atoms. The molecule has 0 fully saturated rings. The molecule has 0 bridgehead atoms. The van der Waals surface area contributed by atoms with E-state index in [1.165, 1.54) is 12.3 Å². The van der Waals surface area contributed by atoms with Crippen molar-refractivity contribution in [3.05, 3.63) is 69.9 Å². The second-order valence-electron chi connectivity index (χ2n) is 6.21. The van der Waals surface area contributed by atoms with Gasteiger partial charge >= 0.3 is 5.69 Å². The smallest absolute Gasteiger partial charge is 0.328 e. The summed E-state index contributed by atoms with van der Waals surface area (Å²) in [6, 6.07) is 14.9. The lowest BCUT2D eigenvalue weighted by molar-refractivity contribution is -0.384.